The van der Waals surface area contributed by atoms with Crippen LogP contribution >= 0.6 is 11.8 Å². The van der Waals surface area contributed by atoms with Crippen molar-refractivity contribution in [1.29, 1.82) is 0 Å². The first-order chi connectivity index (χ1) is 11.2. The fourth-order valence-electron chi connectivity index (χ4n) is 2.60. The van der Waals surface area contributed by atoms with E-state index in [-0.39, 0.29) is 0 Å². The maximum Gasteiger partial charge on any atom is 0.191 e. The molecule has 6 nitrogen and oxygen atoms in total. The molecule has 23 heavy (non-hydrogen) atoms. The molecule has 1 aliphatic carbocycles. The molecule has 120 valence electrons. The molecule has 0 aliphatic heterocycles. The first kappa shape index (κ1) is 14.6. The van der Waals surface area contributed by atoms with Crippen LogP contribution in [0.3, 0.4) is 0 Å². The second-order valence-corrected chi connectivity index (χ2v) is 6.81. The van der Waals surface area contributed by atoms with Crippen molar-refractivity contribution in [2.24, 2.45) is 0 Å². The van der Waals surface area contributed by atoms with Gasteiger partial charge in [0.25, 0.3) is 0 Å². The summed E-state index contributed by atoms with van der Waals surface area (Å²) < 4.78 is 12.9. The number of rotatable bonds is 6. The Hall–Kier alpha value is -2.02. The third-order valence-corrected chi connectivity index (χ3v) is 5.10. The maximum atomic E-state index is 5.49. The van der Waals surface area contributed by atoms with Crippen LogP contribution in [0.25, 0.3) is 0 Å². The van der Waals surface area contributed by atoms with Gasteiger partial charge in [0.2, 0.25) is 0 Å². The third-order valence-electron chi connectivity index (χ3n) is 4.11. The molecule has 0 saturated heterocycles. The minimum Gasteiger partial charge on any atom is -0.467 e. The van der Waals surface area contributed by atoms with E-state index in [9.17, 15) is 0 Å². The lowest BCUT2D eigenvalue weighted by molar-refractivity contribution is 0.392. The van der Waals surface area contributed by atoms with Gasteiger partial charge in [-0.1, -0.05) is 16.9 Å². The second-order valence-electron chi connectivity index (χ2n) is 5.87. The predicted octanol–water partition coefficient (Wildman–Crippen LogP) is 3.69. The smallest absolute Gasteiger partial charge is 0.191 e. The summed E-state index contributed by atoms with van der Waals surface area (Å²) in [5.74, 6) is 4.19. The molecule has 4 rings (SSSR count). The van der Waals surface area contributed by atoms with Gasteiger partial charge in [-0.15, -0.1) is 10.2 Å². The normalized spacial score (nSPS) is 14.5. The van der Waals surface area contributed by atoms with Gasteiger partial charge in [0, 0.05) is 17.2 Å². The minimum atomic E-state index is 0.547. The van der Waals surface area contributed by atoms with Crippen LogP contribution in [0, 0.1) is 13.8 Å². The first-order valence-electron chi connectivity index (χ1n) is 7.72. The molecule has 3 aromatic rings. The monoisotopic (exact) mass is 330 g/mol. The Morgan fingerprint density at radius 1 is 1.30 bits per heavy atom. The Morgan fingerprint density at radius 2 is 2.17 bits per heavy atom. The molecule has 0 amide bonds. The van der Waals surface area contributed by atoms with Crippen molar-refractivity contribution in [3.05, 3.63) is 47.0 Å². The molecule has 1 fully saturated rings. The van der Waals surface area contributed by atoms with E-state index >= 15 is 0 Å². The van der Waals surface area contributed by atoms with Gasteiger partial charge in [0.05, 0.1) is 18.5 Å². The van der Waals surface area contributed by atoms with Crippen LogP contribution in [-0.2, 0) is 12.3 Å². The van der Waals surface area contributed by atoms with Crippen molar-refractivity contribution >= 4 is 11.8 Å². The predicted molar refractivity (Wildman–Crippen MR) is 85.3 cm³/mol. The van der Waals surface area contributed by atoms with Crippen molar-refractivity contribution in [2.45, 2.75) is 50.1 Å². The van der Waals surface area contributed by atoms with Gasteiger partial charge in [-0.3, -0.25) is 4.57 Å². The van der Waals surface area contributed by atoms with E-state index in [1.54, 1.807) is 18.0 Å². The molecular formula is C16H18N4O2S. The largest absolute Gasteiger partial charge is 0.467 e. The highest BCUT2D eigenvalue weighted by molar-refractivity contribution is 7.98. The highest BCUT2D eigenvalue weighted by atomic mass is 32.2. The van der Waals surface area contributed by atoms with Crippen molar-refractivity contribution < 1.29 is 8.94 Å². The van der Waals surface area contributed by atoms with Gasteiger partial charge in [0.15, 0.2) is 5.16 Å². The lowest BCUT2D eigenvalue weighted by atomic mass is 10.2. The Kier molecular flexibility index (Phi) is 3.72. The number of hydrogen-bond donors (Lipinski definition) is 0. The molecule has 3 heterocycles. The molecule has 1 aliphatic rings. The molecule has 3 aromatic heterocycles. The van der Waals surface area contributed by atoms with Crippen LogP contribution < -0.4 is 0 Å². The van der Waals surface area contributed by atoms with E-state index in [2.05, 4.69) is 19.9 Å². The molecule has 0 spiro atoms. The average Bonchev–Trinajstić information content (AvgIpc) is 2.96. The van der Waals surface area contributed by atoms with Crippen LogP contribution in [0.2, 0.25) is 0 Å². The summed E-state index contributed by atoms with van der Waals surface area (Å²) in [5.41, 5.74) is 2.07. The van der Waals surface area contributed by atoms with Crippen molar-refractivity contribution in [2.75, 3.05) is 0 Å². The Bertz CT molecular complexity index is 783. The van der Waals surface area contributed by atoms with Gasteiger partial charge in [0.1, 0.15) is 17.3 Å². The molecule has 1 saturated carbocycles. The molecule has 0 aromatic carbocycles. The standard InChI is InChI=1S/C16H18N4O2S/c1-10-14(11(2)22-19-10)9-23-16-18-17-15(12-5-6-12)20(16)8-13-4-3-7-21-13/h3-4,7,12H,5-6,8-9H2,1-2H3. The topological polar surface area (TPSA) is 69.9 Å². The van der Waals surface area contributed by atoms with Crippen LogP contribution in [-0.4, -0.2) is 19.9 Å². The number of thioether (sulfide) groups is 1. The molecule has 0 bridgehead atoms. The quantitative estimate of drug-likeness (QED) is 0.642. The zero-order valence-corrected chi connectivity index (χ0v) is 14.0. The molecule has 0 radical (unpaired) electrons. The number of aryl methyl sites for hydroxylation is 2. The van der Waals surface area contributed by atoms with E-state index in [0.29, 0.717) is 12.5 Å². The minimum absolute atomic E-state index is 0.547. The van der Waals surface area contributed by atoms with Crippen molar-refractivity contribution in [1.82, 2.24) is 19.9 Å². The van der Waals surface area contributed by atoms with E-state index in [1.165, 1.54) is 12.8 Å². The number of nitrogens with zero attached hydrogens (tertiary/aromatic N) is 4. The summed E-state index contributed by atoms with van der Waals surface area (Å²) >= 11 is 1.67. The highest BCUT2D eigenvalue weighted by Gasteiger charge is 2.30. The molecule has 7 heteroatoms. The lowest BCUT2D eigenvalue weighted by Gasteiger charge is -2.08. The van der Waals surface area contributed by atoms with Gasteiger partial charge in [-0.2, -0.15) is 0 Å². The molecular weight excluding hydrogens is 312 g/mol. The SMILES string of the molecule is Cc1noc(C)c1CSc1nnc(C2CC2)n1Cc1ccco1. The Balaban J connectivity index is 1.58. The fourth-order valence-corrected chi connectivity index (χ4v) is 3.70. The van der Waals surface area contributed by atoms with E-state index in [1.807, 2.05) is 26.0 Å². The summed E-state index contributed by atoms with van der Waals surface area (Å²) in [7, 11) is 0. The summed E-state index contributed by atoms with van der Waals surface area (Å²) in [6, 6.07) is 3.90. The van der Waals surface area contributed by atoms with Crippen LogP contribution in [0.5, 0.6) is 0 Å². The zero-order valence-electron chi connectivity index (χ0n) is 13.2. The number of aromatic nitrogens is 4. The van der Waals surface area contributed by atoms with Crippen molar-refractivity contribution in [3.63, 3.8) is 0 Å². The number of furan rings is 1. The third kappa shape index (κ3) is 2.93. The summed E-state index contributed by atoms with van der Waals surface area (Å²) in [4.78, 5) is 0. The van der Waals surface area contributed by atoms with Gasteiger partial charge >= 0.3 is 0 Å². The van der Waals surface area contributed by atoms with E-state index in [4.69, 9.17) is 8.94 Å². The zero-order chi connectivity index (χ0) is 15.8. The van der Waals surface area contributed by atoms with Crippen LogP contribution in [0.4, 0.5) is 0 Å². The van der Waals surface area contributed by atoms with Crippen LogP contribution in [0.15, 0.2) is 32.5 Å². The lowest BCUT2D eigenvalue weighted by Crippen LogP contribution is -2.05. The van der Waals surface area contributed by atoms with Gasteiger partial charge in [-0.05, 0) is 38.8 Å². The summed E-state index contributed by atoms with van der Waals surface area (Å²) in [6.45, 7) is 4.59. The van der Waals surface area contributed by atoms with Crippen LogP contribution in [0.1, 0.15) is 47.4 Å². The van der Waals surface area contributed by atoms with E-state index < -0.39 is 0 Å². The molecule has 0 unspecified atom stereocenters. The Labute approximate surface area is 138 Å². The van der Waals surface area contributed by atoms with E-state index in [0.717, 1.165) is 39.5 Å². The molecule has 0 N–H and O–H groups in total. The first-order valence-corrected chi connectivity index (χ1v) is 8.71. The fraction of sp³-hybridized carbons (Fsp3) is 0.438. The second kappa shape index (κ2) is 5.88. The highest BCUT2D eigenvalue weighted by Crippen LogP contribution is 2.40. The summed E-state index contributed by atoms with van der Waals surface area (Å²) in [6.07, 6.45) is 4.10. The molecule has 0 atom stereocenters. The maximum absolute atomic E-state index is 5.49. The number of hydrogen-bond acceptors (Lipinski definition) is 6. The summed E-state index contributed by atoms with van der Waals surface area (Å²) in [5, 5.41) is 13.7. The van der Waals surface area contributed by atoms with Gasteiger partial charge < -0.3 is 8.94 Å². The Morgan fingerprint density at radius 3 is 2.83 bits per heavy atom. The average molecular weight is 330 g/mol. The van der Waals surface area contributed by atoms with Crippen molar-refractivity contribution in [3.8, 4) is 0 Å². The van der Waals surface area contributed by atoms with Gasteiger partial charge in [-0.25, -0.2) is 0 Å².